The number of benzene rings is 1. The third-order valence-corrected chi connectivity index (χ3v) is 9.12. The van der Waals surface area contributed by atoms with Crippen LogP contribution in [0.1, 0.15) is 105 Å². The third-order valence-electron chi connectivity index (χ3n) is 9.12. The van der Waals surface area contributed by atoms with E-state index in [9.17, 15) is 9.59 Å². The summed E-state index contributed by atoms with van der Waals surface area (Å²) in [6.07, 6.45) is 16.2. The first-order valence-electron chi connectivity index (χ1n) is 14.2. The summed E-state index contributed by atoms with van der Waals surface area (Å²) in [5, 5.41) is 0. The van der Waals surface area contributed by atoms with Crippen LogP contribution in [0.5, 0.6) is 0 Å². The lowest BCUT2D eigenvalue weighted by molar-refractivity contribution is -0.138. The van der Waals surface area contributed by atoms with Gasteiger partial charge in [0.15, 0.2) is 5.82 Å². The van der Waals surface area contributed by atoms with Gasteiger partial charge in [-0.3, -0.25) is 9.59 Å². The number of hydrogen-bond donors (Lipinski definition) is 0. The molecule has 3 saturated carbocycles. The number of rotatable bonds is 5. The van der Waals surface area contributed by atoms with E-state index < -0.39 is 0 Å². The molecule has 6 nitrogen and oxygen atoms in total. The molecule has 2 aromatic rings. The maximum atomic E-state index is 13.6. The molecule has 4 fully saturated rings. The molecule has 3 aliphatic carbocycles. The molecule has 1 saturated heterocycles. The Balaban J connectivity index is 1.25. The number of aromatic nitrogens is 2. The number of carbonyl (C=O) groups is 2. The van der Waals surface area contributed by atoms with Crippen LogP contribution in [0.2, 0.25) is 0 Å². The molecule has 2 amide bonds. The minimum Gasteiger partial charge on any atom is -0.336 e. The second kappa shape index (κ2) is 9.59. The van der Waals surface area contributed by atoms with Gasteiger partial charge in [-0.25, -0.2) is 4.98 Å². The van der Waals surface area contributed by atoms with Crippen LogP contribution in [0, 0.1) is 5.92 Å². The average molecular weight is 477 g/mol. The molecule has 6 heteroatoms. The van der Waals surface area contributed by atoms with E-state index in [4.69, 9.17) is 4.98 Å². The highest BCUT2D eigenvalue weighted by molar-refractivity contribution is 5.98. The summed E-state index contributed by atoms with van der Waals surface area (Å²) in [6.45, 7) is 1.44. The highest BCUT2D eigenvalue weighted by atomic mass is 16.2. The molecule has 0 bridgehead atoms. The Morgan fingerprint density at radius 1 is 0.943 bits per heavy atom. The Morgan fingerprint density at radius 2 is 1.66 bits per heavy atom. The molecule has 0 unspecified atom stereocenters. The Kier molecular flexibility index (Phi) is 6.32. The van der Waals surface area contributed by atoms with Crippen molar-refractivity contribution < 1.29 is 9.59 Å². The minimum atomic E-state index is -0.100. The van der Waals surface area contributed by atoms with Crippen molar-refractivity contribution >= 4 is 22.8 Å². The van der Waals surface area contributed by atoms with Crippen molar-refractivity contribution in [2.45, 2.75) is 95.4 Å². The van der Waals surface area contributed by atoms with Crippen molar-refractivity contribution in [1.29, 1.82) is 0 Å². The van der Waals surface area contributed by atoms with Crippen molar-refractivity contribution in [2.24, 2.45) is 13.0 Å². The van der Waals surface area contributed by atoms with Gasteiger partial charge in [0.25, 0.3) is 5.91 Å². The molecular weight excluding hydrogens is 436 g/mol. The number of aryl methyl sites for hydroxylation is 1. The monoisotopic (exact) mass is 476 g/mol. The van der Waals surface area contributed by atoms with Gasteiger partial charge in [0.05, 0.1) is 11.0 Å². The number of imidazole rings is 1. The van der Waals surface area contributed by atoms with Crippen molar-refractivity contribution in [3.8, 4) is 0 Å². The van der Waals surface area contributed by atoms with Crippen LogP contribution in [0.15, 0.2) is 12.1 Å². The topological polar surface area (TPSA) is 58.4 Å². The van der Waals surface area contributed by atoms with E-state index in [1.165, 1.54) is 75.3 Å². The maximum absolute atomic E-state index is 13.6. The molecule has 0 N–H and O–H groups in total. The first-order valence-corrected chi connectivity index (χ1v) is 14.2. The van der Waals surface area contributed by atoms with Crippen LogP contribution in [0.25, 0.3) is 11.0 Å². The number of fused-ring (bicyclic) bond motifs is 1. The van der Waals surface area contributed by atoms with Gasteiger partial charge in [-0.2, -0.15) is 0 Å². The van der Waals surface area contributed by atoms with E-state index in [0.29, 0.717) is 30.9 Å². The quantitative estimate of drug-likeness (QED) is 0.597. The summed E-state index contributed by atoms with van der Waals surface area (Å²) in [5.41, 5.74) is 4.82. The molecular formula is C29H40N4O2. The summed E-state index contributed by atoms with van der Waals surface area (Å²) >= 11 is 0. The number of piperazine rings is 1. The SMILES string of the molecule is Cn1c(C(=O)N2CCN(C3CCCCC3)C(=O)C2)nc2c(CC3CCCCC3)cc(C3CC3)cc21. The Labute approximate surface area is 209 Å². The fourth-order valence-corrected chi connectivity index (χ4v) is 6.86. The fraction of sp³-hybridized carbons (Fsp3) is 0.690. The van der Waals surface area contributed by atoms with E-state index in [1.54, 1.807) is 4.90 Å². The second-order valence-corrected chi connectivity index (χ2v) is 11.6. The zero-order chi connectivity index (χ0) is 23.9. The van der Waals surface area contributed by atoms with Crippen LogP contribution in [0.3, 0.4) is 0 Å². The van der Waals surface area contributed by atoms with E-state index in [2.05, 4.69) is 12.1 Å². The molecule has 4 aliphatic rings. The first kappa shape index (κ1) is 23.1. The number of nitrogens with zero attached hydrogens (tertiary/aromatic N) is 4. The van der Waals surface area contributed by atoms with Gasteiger partial charge in [0, 0.05) is 26.2 Å². The number of amides is 2. The van der Waals surface area contributed by atoms with Crippen molar-refractivity contribution in [3.63, 3.8) is 0 Å². The van der Waals surface area contributed by atoms with Crippen LogP contribution in [-0.2, 0) is 18.3 Å². The Morgan fingerprint density at radius 3 is 2.34 bits per heavy atom. The average Bonchev–Trinajstić information content (AvgIpc) is 3.68. The molecule has 0 spiro atoms. The molecule has 1 aliphatic heterocycles. The molecule has 188 valence electrons. The lowest BCUT2D eigenvalue weighted by Gasteiger charge is -2.40. The van der Waals surface area contributed by atoms with E-state index >= 15 is 0 Å². The van der Waals surface area contributed by atoms with Crippen molar-refractivity contribution in [1.82, 2.24) is 19.4 Å². The third kappa shape index (κ3) is 4.61. The second-order valence-electron chi connectivity index (χ2n) is 11.6. The van der Waals surface area contributed by atoms with Gasteiger partial charge in [-0.1, -0.05) is 57.4 Å². The van der Waals surface area contributed by atoms with Gasteiger partial charge in [0.1, 0.15) is 6.54 Å². The predicted octanol–water partition coefficient (Wildman–Crippen LogP) is 5.19. The van der Waals surface area contributed by atoms with E-state index in [-0.39, 0.29) is 18.4 Å². The largest absolute Gasteiger partial charge is 0.336 e. The number of hydrogen-bond acceptors (Lipinski definition) is 3. The molecule has 35 heavy (non-hydrogen) atoms. The molecule has 1 aromatic heterocycles. The standard InChI is InChI=1S/C29H40N4O2/c1-31-25-18-22(21-12-13-21)17-23(16-20-8-4-2-5-9-20)27(25)30-28(31)29(35)32-14-15-33(26(34)19-32)24-10-6-3-7-11-24/h17-18,20-21,24H,2-16,19H2,1H3. The maximum Gasteiger partial charge on any atom is 0.290 e. The van der Waals surface area contributed by atoms with E-state index in [0.717, 1.165) is 36.2 Å². The van der Waals surface area contributed by atoms with Gasteiger partial charge >= 0.3 is 0 Å². The zero-order valence-corrected chi connectivity index (χ0v) is 21.3. The molecule has 6 rings (SSSR count). The number of carbonyl (C=O) groups excluding carboxylic acids is 2. The highest BCUT2D eigenvalue weighted by Gasteiger charge is 2.34. The van der Waals surface area contributed by atoms with Crippen LogP contribution >= 0.6 is 0 Å². The first-order chi connectivity index (χ1) is 17.1. The molecule has 0 radical (unpaired) electrons. The van der Waals surface area contributed by atoms with Gasteiger partial charge in [-0.15, -0.1) is 0 Å². The van der Waals surface area contributed by atoms with Gasteiger partial charge in [0.2, 0.25) is 5.91 Å². The zero-order valence-electron chi connectivity index (χ0n) is 21.3. The van der Waals surface area contributed by atoms with Crippen molar-refractivity contribution in [3.05, 3.63) is 29.1 Å². The Bertz CT molecular complexity index is 1110. The van der Waals surface area contributed by atoms with Crippen molar-refractivity contribution in [2.75, 3.05) is 19.6 Å². The normalized spacial score (nSPS) is 22.8. The highest BCUT2D eigenvalue weighted by Crippen LogP contribution is 2.42. The van der Waals surface area contributed by atoms with Gasteiger partial charge in [-0.05, 0) is 61.1 Å². The molecule has 1 aromatic carbocycles. The van der Waals surface area contributed by atoms with E-state index in [1.807, 2.05) is 16.5 Å². The van der Waals surface area contributed by atoms with Crippen LogP contribution in [0.4, 0.5) is 0 Å². The predicted molar refractivity (Wildman–Crippen MR) is 137 cm³/mol. The molecule has 0 atom stereocenters. The fourth-order valence-electron chi connectivity index (χ4n) is 6.86. The smallest absolute Gasteiger partial charge is 0.290 e. The Hall–Kier alpha value is -2.37. The summed E-state index contributed by atoms with van der Waals surface area (Å²) < 4.78 is 1.99. The summed E-state index contributed by atoms with van der Waals surface area (Å²) in [7, 11) is 1.98. The lowest BCUT2D eigenvalue weighted by atomic mass is 9.84. The summed E-state index contributed by atoms with van der Waals surface area (Å²) in [5.74, 6) is 1.88. The molecule has 2 heterocycles. The summed E-state index contributed by atoms with van der Waals surface area (Å²) in [6, 6.07) is 5.03. The van der Waals surface area contributed by atoms with Crippen LogP contribution < -0.4 is 0 Å². The van der Waals surface area contributed by atoms with Crippen LogP contribution in [-0.4, -0.2) is 56.8 Å². The lowest BCUT2D eigenvalue weighted by Crippen LogP contribution is -2.56. The van der Waals surface area contributed by atoms with Gasteiger partial charge < -0.3 is 14.4 Å². The minimum absolute atomic E-state index is 0.100. The summed E-state index contributed by atoms with van der Waals surface area (Å²) in [4.78, 5) is 35.4.